The van der Waals surface area contributed by atoms with E-state index in [9.17, 15) is 0 Å². The van der Waals surface area contributed by atoms with Crippen molar-refractivity contribution >= 4 is 21.8 Å². The quantitative estimate of drug-likeness (QED) is 0.252. The van der Waals surface area contributed by atoms with Crippen LogP contribution in [0.15, 0.2) is 91.0 Å². The fourth-order valence-electron chi connectivity index (χ4n) is 4.05. The van der Waals surface area contributed by atoms with Gasteiger partial charge in [-0.3, -0.25) is 4.98 Å². The lowest BCUT2D eigenvalue weighted by Crippen LogP contribution is -2.18. The Balaban J connectivity index is 0.000000118. The lowest BCUT2D eigenvalue weighted by atomic mass is 10.0. The van der Waals surface area contributed by atoms with E-state index < -0.39 is 0 Å². The summed E-state index contributed by atoms with van der Waals surface area (Å²) in [5.74, 6) is 1.08. The van der Waals surface area contributed by atoms with Gasteiger partial charge in [0.05, 0.1) is 11.6 Å². The predicted molar refractivity (Wildman–Crippen MR) is 139 cm³/mol. The SMILES string of the molecule is CC1CCc2ccccc2O1.Cc1cc2ccccc2n1C.Cc1ccc2ccccc2n1. The maximum absolute atomic E-state index is 5.63. The van der Waals surface area contributed by atoms with Crippen LogP contribution in [0.2, 0.25) is 0 Å². The van der Waals surface area contributed by atoms with Crippen LogP contribution in [0.4, 0.5) is 0 Å². The number of hydrogen-bond donors (Lipinski definition) is 0. The minimum atomic E-state index is 0.393. The lowest BCUT2D eigenvalue weighted by Gasteiger charge is -2.22. The Kier molecular flexibility index (Phi) is 7.09. The molecular formula is C30H32N2O. The molecule has 0 saturated heterocycles. The average Bonchev–Trinajstić information content (AvgIpc) is 3.13. The second kappa shape index (κ2) is 10.4. The summed E-state index contributed by atoms with van der Waals surface area (Å²) in [6.07, 6.45) is 2.71. The average molecular weight is 437 g/mol. The number of aryl methyl sites for hydroxylation is 4. The normalized spacial score (nSPS) is 14.4. The van der Waals surface area contributed by atoms with Gasteiger partial charge in [0.25, 0.3) is 0 Å². The molecular weight excluding hydrogens is 404 g/mol. The highest BCUT2D eigenvalue weighted by Gasteiger charge is 2.14. The van der Waals surface area contributed by atoms with Crippen molar-refractivity contribution in [3.8, 4) is 5.75 Å². The van der Waals surface area contributed by atoms with E-state index in [-0.39, 0.29) is 0 Å². The number of ether oxygens (including phenoxy) is 1. The van der Waals surface area contributed by atoms with Crippen LogP contribution < -0.4 is 4.74 Å². The molecule has 1 aliphatic rings. The van der Waals surface area contributed by atoms with Crippen LogP contribution in [0.3, 0.4) is 0 Å². The van der Waals surface area contributed by atoms with Crippen molar-refractivity contribution in [3.05, 3.63) is 108 Å². The van der Waals surface area contributed by atoms with Gasteiger partial charge in [0.15, 0.2) is 0 Å². The van der Waals surface area contributed by atoms with Crippen molar-refractivity contribution in [2.75, 3.05) is 0 Å². The molecule has 1 unspecified atom stereocenters. The molecule has 0 radical (unpaired) electrons. The van der Waals surface area contributed by atoms with Crippen molar-refractivity contribution in [1.29, 1.82) is 0 Å². The van der Waals surface area contributed by atoms with Gasteiger partial charge in [0, 0.05) is 29.3 Å². The van der Waals surface area contributed by atoms with Crippen LogP contribution in [0.25, 0.3) is 21.8 Å². The van der Waals surface area contributed by atoms with E-state index >= 15 is 0 Å². The van der Waals surface area contributed by atoms with Crippen LogP contribution in [0.5, 0.6) is 5.75 Å². The van der Waals surface area contributed by atoms with Gasteiger partial charge in [-0.25, -0.2) is 0 Å². The van der Waals surface area contributed by atoms with E-state index in [1.54, 1.807) is 0 Å². The first-order chi connectivity index (χ1) is 16.0. The third-order valence-corrected chi connectivity index (χ3v) is 6.05. The zero-order valence-electron chi connectivity index (χ0n) is 20.0. The fourth-order valence-corrected chi connectivity index (χ4v) is 4.05. The highest BCUT2D eigenvalue weighted by atomic mass is 16.5. The van der Waals surface area contributed by atoms with E-state index in [2.05, 4.69) is 85.0 Å². The van der Waals surface area contributed by atoms with E-state index in [4.69, 9.17) is 4.74 Å². The number of pyridine rings is 1. The second-order valence-electron chi connectivity index (χ2n) is 8.62. The monoisotopic (exact) mass is 436 g/mol. The molecule has 0 N–H and O–H groups in total. The summed E-state index contributed by atoms with van der Waals surface area (Å²) < 4.78 is 7.84. The minimum Gasteiger partial charge on any atom is -0.490 e. The molecule has 0 bridgehead atoms. The summed E-state index contributed by atoms with van der Waals surface area (Å²) in [5.41, 5.74) is 6.12. The smallest absolute Gasteiger partial charge is 0.122 e. The summed E-state index contributed by atoms with van der Waals surface area (Å²) in [6.45, 7) is 6.25. The molecule has 5 aromatic rings. The van der Waals surface area contributed by atoms with Crippen molar-refractivity contribution in [2.24, 2.45) is 7.05 Å². The van der Waals surface area contributed by atoms with Gasteiger partial charge in [-0.2, -0.15) is 0 Å². The third-order valence-electron chi connectivity index (χ3n) is 6.05. The first-order valence-electron chi connectivity index (χ1n) is 11.6. The van der Waals surface area contributed by atoms with Gasteiger partial charge >= 0.3 is 0 Å². The number of para-hydroxylation sites is 3. The Labute approximate surface area is 196 Å². The molecule has 3 heteroatoms. The predicted octanol–water partition coefficient (Wildman–Crippen LogP) is 7.43. The summed E-state index contributed by atoms with van der Waals surface area (Å²) >= 11 is 0. The topological polar surface area (TPSA) is 27.1 Å². The number of hydrogen-bond acceptors (Lipinski definition) is 2. The maximum Gasteiger partial charge on any atom is 0.122 e. The molecule has 3 aromatic carbocycles. The number of fused-ring (bicyclic) bond motifs is 3. The van der Waals surface area contributed by atoms with Crippen molar-refractivity contribution in [2.45, 2.75) is 39.7 Å². The molecule has 0 aliphatic carbocycles. The summed E-state index contributed by atoms with van der Waals surface area (Å²) in [7, 11) is 2.09. The Bertz CT molecular complexity index is 1350. The van der Waals surface area contributed by atoms with Crippen LogP contribution in [0, 0.1) is 13.8 Å². The molecule has 1 atom stereocenters. The largest absolute Gasteiger partial charge is 0.490 e. The van der Waals surface area contributed by atoms with Crippen LogP contribution >= 0.6 is 0 Å². The second-order valence-corrected chi connectivity index (χ2v) is 8.62. The molecule has 6 rings (SSSR count). The molecule has 168 valence electrons. The lowest BCUT2D eigenvalue weighted by molar-refractivity contribution is 0.192. The van der Waals surface area contributed by atoms with Gasteiger partial charge in [-0.05, 0) is 74.9 Å². The first kappa shape index (κ1) is 22.6. The highest BCUT2D eigenvalue weighted by Crippen LogP contribution is 2.26. The number of rotatable bonds is 0. The summed E-state index contributed by atoms with van der Waals surface area (Å²) in [4.78, 5) is 4.38. The Morgan fingerprint density at radius 3 is 2.33 bits per heavy atom. The minimum absolute atomic E-state index is 0.393. The van der Waals surface area contributed by atoms with E-state index in [0.717, 1.165) is 29.8 Å². The Morgan fingerprint density at radius 2 is 1.52 bits per heavy atom. The maximum atomic E-state index is 5.63. The van der Waals surface area contributed by atoms with Crippen LogP contribution in [0.1, 0.15) is 30.3 Å². The van der Waals surface area contributed by atoms with Crippen LogP contribution in [-0.4, -0.2) is 15.7 Å². The fraction of sp³-hybridized carbons (Fsp3) is 0.233. The first-order valence-corrected chi connectivity index (χ1v) is 11.6. The Hall–Kier alpha value is -3.59. The van der Waals surface area contributed by atoms with Crippen molar-refractivity contribution in [1.82, 2.24) is 9.55 Å². The number of nitrogens with zero attached hydrogens (tertiary/aromatic N) is 2. The van der Waals surface area contributed by atoms with E-state index in [1.165, 1.54) is 27.5 Å². The number of aromatic nitrogens is 2. The molecule has 0 fully saturated rings. The zero-order chi connectivity index (χ0) is 23.2. The van der Waals surface area contributed by atoms with Crippen LogP contribution in [-0.2, 0) is 13.5 Å². The molecule has 0 saturated carbocycles. The standard InChI is InChI=1S/C10H11N.C10H9N.C10H12O/c1-8-7-9-5-3-4-6-10(9)11(8)2;2*1-8-6-7-9-4-2-3-5-10(9)11-8/h3-7H,1-2H3;2-7H,1H3;2-5,8H,6-7H2,1H3. The van der Waals surface area contributed by atoms with Gasteiger partial charge in [-0.1, -0.05) is 60.7 Å². The van der Waals surface area contributed by atoms with Gasteiger partial charge in [0.2, 0.25) is 0 Å². The molecule has 0 spiro atoms. The molecule has 1 aliphatic heterocycles. The van der Waals surface area contributed by atoms with E-state index in [1.807, 2.05) is 43.3 Å². The summed E-state index contributed by atoms with van der Waals surface area (Å²) in [6, 6.07) is 31.2. The number of benzene rings is 3. The molecule has 33 heavy (non-hydrogen) atoms. The van der Waals surface area contributed by atoms with Gasteiger partial charge < -0.3 is 9.30 Å². The van der Waals surface area contributed by atoms with Gasteiger partial charge in [-0.15, -0.1) is 0 Å². The molecule has 2 aromatic heterocycles. The zero-order valence-corrected chi connectivity index (χ0v) is 20.0. The third kappa shape index (κ3) is 5.61. The molecule has 3 heterocycles. The Morgan fingerprint density at radius 1 is 0.818 bits per heavy atom. The van der Waals surface area contributed by atoms with Crippen molar-refractivity contribution < 1.29 is 4.74 Å². The molecule has 3 nitrogen and oxygen atoms in total. The molecule has 0 amide bonds. The van der Waals surface area contributed by atoms with Gasteiger partial charge in [0.1, 0.15) is 5.75 Å². The summed E-state index contributed by atoms with van der Waals surface area (Å²) in [5, 5.41) is 2.53. The highest BCUT2D eigenvalue weighted by molar-refractivity contribution is 5.81. The van der Waals surface area contributed by atoms with E-state index in [0.29, 0.717) is 6.10 Å². The van der Waals surface area contributed by atoms with Crippen molar-refractivity contribution in [3.63, 3.8) is 0 Å².